The van der Waals surface area contributed by atoms with Crippen molar-refractivity contribution in [1.82, 2.24) is 4.90 Å². The molecule has 0 radical (unpaired) electrons. The summed E-state index contributed by atoms with van der Waals surface area (Å²) >= 11 is 0. The minimum absolute atomic E-state index is 0.398. The monoisotopic (exact) mass is 247 g/mol. The second-order valence-electron chi connectivity index (χ2n) is 6.12. The second kappa shape index (κ2) is 5.31. The Kier molecular flexibility index (Phi) is 3.96. The van der Waals surface area contributed by atoms with Crippen molar-refractivity contribution in [2.75, 3.05) is 6.54 Å². The van der Waals surface area contributed by atoms with Crippen LogP contribution in [-0.2, 0) is 6.42 Å². The van der Waals surface area contributed by atoms with Crippen LogP contribution in [0, 0.1) is 5.92 Å². The number of phenolic OH excluding ortho intramolecular Hbond substituents is 1. The van der Waals surface area contributed by atoms with Crippen LogP contribution in [0.2, 0.25) is 0 Å². The number of benzene rings is 1. The molecule has 0 amide bonds. The van der Waals surface area contributed by atoms with Crippen LogP contribution in [0.4, 0.5) is 0 Å². The van der Waals surface area contributed by atoms with Gasteiger partial charge in [0.2, 0.25) is 0 Å². The fourth-order valence-electron chi connectivity index (χ4n) is 3.05. The number of aromatic hydroxyl groups is 1. The van der Waals surface area contributed by atoms with Crippen molar-refractivity contribution in [2.24, 2.45) is 5.92 Å². The fraction of sp³-hybridized carbons (Fsp3) is 0.625. The summed E-state index contributed by atoms with van der Waals surface area (Å²) in [6.07, 6.45) is 2.28. The molecule has 1 unspecified atom stereocenters. The number of hydrogen-bond donors (Lipinski definition) is 1. The lowest BCUT2D eigenvalue weighted by atomic mass is 10.0. The Morgan fingerprint density at radius 2 is 2.00 bits per heavy atom. The molecule has 0 heterocycles. The zero-order valence-corrected chi connectivity index (χ0v) is 12.0. The summed E-state index contributed by atoms with van der Waals surface area (Å²) in [5, 5.41) is 9.56. The highest BCUT2D eigenvalue weighted by atomic mass is 16.3. The summed E-state index contributed by atoms with van der Waals surface area (Å²) in [5.41, 5.74) is 2.75. The van der Waals surface area contributed by atoms with Gasteiger partial charge in [-0.1, -0.05) is 19.9 Å². The lowest BCUT2D eigenvalue weighted by Gasteiger charge is -2.34. The molecule has 1 aliphatic rings. The molecule has 0 aliphatic heterocycles. The highest BCUT2D eigenvalue weighted by molar-refractivity contribution is 5.40. The van der Waals surface area contributed by atoms with E-state index in [0.29, 0.717) is 23.8 Å². The van der Waals surface area contributed by atoms with Crippen LogP contribution >= 0.6 is 0 Å². The van der Waals surface area contributed by atoms with Gasteiger partial charge in [-0.15, -0.1) is 0 Å². The summed E-state index contributed by atoms with van der Waals surface area (Å²) in [6, 6.07) is 6.96. The predicted molar refractivity (Wildman–Crippen MR) is 75.8 cm³/mol. The van der Waals surface area contributed by atoms with E-state index in [0.717, 1.165) is 13.0 Å². The van der Waals surface area contributed by atoms with Crippen molar-refractivity contribution < 1.29 is 5.11 Å². The SMILES string of the molecule is CC(C)CN(C(C)C)C1CCc2cc(O)ccc21. The van der Waals surface area contributed by atoms with E-state index in [1.165, 1.54) is 17.5 Å². The summed E-state index contributed by atoms with van der Waals surface area (Å²) in [7, 11) is 0. The van der Waals surface area contributed by atoms with Crippen molar-refractivity contribution in [3.8, 4) is 5.75 Å². The molecule has 2 rings (SSSR count). The highest BCUT2D eigenvalue weighted by Crippen LogP contribution is 2.38. The molecule has 1 atom stereocenters. The molecular formula is C16H25NO. The van der Waals surface area contributed by atoms with E-state index in [4.69, 9.17) is 0 Å². The van der Waals surface area contributed by atoms with E-state index in [1.807, 2.05) is 12.1 Å². The summed E-state index contributed by atoms with van der Waals surface area (Å²) in [4.78, 5) is 2.60. The average molecular weight is 247 g/mol. The van der Waals surface area contributed by atoms with Crippen molar-refractivity contribution >= 4 is 0 Å². The average Bonchev–Trinajstić information content (AvgIpc) is 2.67. The topological polar surface area (TPSA) is 23.5 Å². The fourth-order valence-corrected chi connectivity index (χ4v) is 3.05. The van der Waals surface area contributed by atoms with Crippen LogP contribution < -0.4 is 0 Å². The molecule has 0 aromatic heterocycles. The predicted octanol–water partition coefficient (Wildman–Crippen LogP) is 3.75. The normalized spacial score (nSPS) is 18.9. The van der Waals surface area contributed by atoms with Crippen molar-refractivity contribution in [2.45, 2.75) is 52.6 Å². The second-order valence-corrected chi connectivity index (χ2v) is 6.12. The van der Waals surface area contributed by atoms with Crippen molar-refractivity contribution in [3.05, 3.63) is 29.3 Å². The first-order chi connectivity index (χ1) is 8.49. The zero-order valence-electron chi connectivity index (χ0n) is 12.0. The summed E-state index contributed by atoms with van der Waals surface area (Å²) in [5.74, 6) is 1.09. The molecule has 0 saturated heterocycles. The molecule has 0 fully saturated rings. The number of nitrogens with zero attached hydrogens (tertiary/aromatic N) is 1. The molecule has 0 spiro atoms. The lowest BCUT2D eigenvalue weighted by Crippen LogP contribution is -2.36. The highest BCUT2D eigenvalue weighted by Gasteiger charge is 2.29. The van der Waals surface area contributed by atoms with E-state index in [1.54, 1.807) is 0 Å². The van der Waals surface area contributed by atoms with Gasteiger partial charge in [-0.3, -0.25) is 4.90 Å². The molecule has 1 N–H and O–H groups in total. The molecule has 1 aromatic rings. The number of hydrogen-bond acceptors (Lipinski definition) is 2. The third kappa shape index (κ3) is 2.69. The number of rotatable bonds is 4. The first kappa shape index (κ1) is 13.4. The first-order valence-electron chi connectivity index (χ1n) is 7.06. The Labute approximate surface area is 111 Å². The van der Waals surface area contributed by atoms with Gasteiger partial charge in [0.25, 0.3) is 0 Å². The maximum Gasteiger partial charge on any atom is 0.115 e. The van der Waals surface area contributed by atoms with E-state index >= 15 is 0 Å². The molecular weight excluding hydrogens is 222 g/mol. The lowest BCUT2D eigenvalue weighted by molar-refractivity contribution is 0.134. The van der Waals surface area contributed by atoms with Crippen LogP contribution in [0.15, 0.2) is 18.2 Å². The minimum atomic E-state index is 0.398. The van der Waals surface area contributed by atoms with E-state index < -0.39 is 0 Å². The molecule has 1 aromatic carbocycles. The van der Waals surface area contributed by atoms with Crippen LogP contribution in [0.1, 0.15) is 51.3 Å². The third-order valence-corrected chi connectivity index (χ3v) is 3.81. The maximum absolute atomic E-state index is 9.56. The van der Waals surface area contributed by atoms with Crippen LogP contribution in [0.3, 0.4) is 0 Å². The Bertz CT molecular complexity index is 412. The Morgan fingerprint density at radius 3 is 2.61 bits per heavy atom. The van der Waals surface area contributed by atoms with E-state index in [-0.39, 0.29) is 0 Å². The van der Waals surface area contributed by atoms with Gasteiger partial charge in [-0.05, 0) is 55.9 Å². The largest absolute Gasteiger partial charge is 0.508 e. The Hall–Kier alpha value is -1.02. The van der Waals surface area contributed by atoms with Gasteiger partial charge in [-0.25, -0.2) is 0 Å². The molecule has 100 valence electrons. The third-order valence-electron chi connectivity index (χ3n) is 3.81. The van der Waals surface area contributed by atoms with Gasteiger partial charge < -0.3 is 5.11 Å². The minimum Gasteiger partial charge on any atom is -0.508 e. The number of aryl methyl sites for hydroxylation is 1. The van der Waals surface area contributed by atoms with Crippen molar-refractivity contribution in [1.29, 1.82) is 0 Å². The Morgan fingerprint density at radius 1 is 1.28 bits per heavy atom. The van der Waals surface area contributed by atoms with E-state index in [2.05, 4.69) is 38.7 Å². The standard InChI is InChI=1S/C16H25NO/c1-11(2)10-17(12(3)4)16-8-5-13-9-14(18)6-7-15(13)16/h6-7,9,11-12,16,18H,5,8,10H2,1-4H3. The molecule has 1 aliphatic carbocycles. The van der Waals surface area contributed by atoms with Gasteiger partial charge in [0, 0.05) is 18.6 Å². The number of phenols is 1. The zero-order chi connectivity index (χ0) is 13.3. The van der Waals surface area contributed by atoms with Gasteiger partial charge in [0.1, 0.15) is 5.75 Å². The molecule has 2 heteroatoms. The number of fused-ring (bicyclic) bond motifs is 1. The van der Waals surface area contributed by atoms with Gasteiger partial charge >= 0.3 is 0 Å². The van der Waals surface area contributed by atoms with Crippen molar-refractivity contribution in [3.63, 3.8) is 0 Å². The van der Waals surface area contributed by atoms with Crippen LogP contribution in [-0.4, -0.2) is 22.6 Å². The van der Waals surface area contributed by atoms with Gasteiger partial charge in [0.15, 0.2) is 0 Å². The summed E-state index contributed by atoms with van der Waals surface area (Å²) in [6.45, 7) is 10.3. The first-order valence-corrected chi connectivity index (χ1v) is 7.06. The smallest absolute Gasteiger partial charge is 0.115 e. The molecule has 2 nitrogen and oxygen atoms in total. The molecule has 0 bridgehead atoms. The molecule has 18 heavy (non-hydrogen) atoms. The van der Waals surface area contributed by atoms with Gasteiger partial charge in [0.05, 0.1) is 0 Å². The van der Waals surface area contributed by atoms with Gasteiger partial charge in [-0.2, -0.15) is 0 Å². The summed E-state index contributed by atoms with van der Waals surface area (Å²) < 4.78 is 0. The molecule has 0 saturated carbocycles. The van der Waals surface area contributed by atoms with Crippen LogP contribution in [0.5, 0.6) is 5.75 Å². The van der Waals surface area contributed by atoms with E-state index in [9.17, 15) is 5.11 Å². The maximum atomic E-state index is 9.56. The quantitative estimate of drug-likeness (QED) is 0.876. The Balaban J connectivity index is 2.24. The van der Waals surface area contributed by atoms with Crippen LogP contribution in [0.25, 0.3) is 0 Å².